The molecule has 0 aromatic heterocycles. The van der Waals surface area contributed by atoms with Crippen LogP contribution in [0.15, 0.2) is 18.2 Å². The molecule has 2 rings (SSSR count). The monoisotopic (exact) mass is 406 g/mol. The molecule has 0 aliphatic carbocycles. The molecule has 0 spiro atoms. The van der Waals surface area contributed by atoms with Crippen LogP contribution in [0.25, 0.3) is 0 Å². The Balaban J connectivity index is 1.73. The molecular formula is C14H12Cl2N2O4S2. The molecule has 0 radical (unpaired) electrons. The molecule has 1 aromatic carbocycles. The fourth-order valence-corrected chi connectivity index (χ4v) is 3.49. The summed E-state index contributed by atoms with van der Waals surface area (Å²) in [6.07, 6.45) is 0. The number of amides is 2. The molecule has 128 valence electrons. The van der Waals surface area contributed by atoms with Crippen molar-refractivity contribution in [2.45, 2.75) is 0 Å². The zero-order valence-corrected chi connectivity index (χ0v) is 15.4. The van der Waals surface area contributed by atoms with E-state index < -0.39 is 18.5 Å². The zero-order valence-electron chi connectivity index (χ0n) is 12.2. The summed E-state index contributed by atoms with van der Waals surface area (Å²) in [6, 6.07) is 4.27. The first-order valence-electron chi connectivity index (χ1n) is 6.74. The lowest BCUT2D eigenvalue weighted by atomic mass is 10.2. The third-order valence-corrected chi connectivity index (χ3v) is 4.80. The molecule has 0 bridgehead atoms. The number of ether oxygens (including phenoxy) is 1. The van der Waals surface area contributed by atoms with Crippen molar-refractivity contribution >= 4 is 69.3 Å². The molecule has 1 heterocycles. The average molecular weight is 407 g/mol. The molecule has 1 saturated heterocycles. The van der Waals surface area contributed by atoms with E-state index in [1.54, 1.807) is 0 Å². The van der Waals surface area contributed by atoms with Gasteiger partial charge in [0.15, 0.2) is 6.61 Å². The third kappa shape index (κ3) is 5.34. The maximum atomic E-state index is 11.8. The van der Waals surface area contributed by atoms with Crippen molar-refractivity contribution in [3.63, 3.8) is 0 Å². The van der Waals surface area contributed by atoms with Gasteiger partial charge in [0, 0.05) is 23.1 Å². The molecule has 10 heteroatoms. The molecule has 0 atom stereocenters. The summed E-state index contributed by atoms with van der Waals surface area (Å²) in [7, 11) is 0. The molecule has 0 saturated carbocycles. The Hall–Kier alpha value is -1.35. The van der Waals surface area contributed by atoms with E-state index >= 15 is 0 Å². The summed E-state index contributed by atoms with van der Waals surface area (Å²) < 4.78 is 5.38. The van der Waals surface area contributed by atoms with Crippen molar-refractivity contribution in [2.24, 2.45) is 0 Å². The minimum atomic E-state index is -0.707. The SMILES string of the molecule is O=C(COC(=O)c1cc(Cl)cc(Cl)c1)NCCN1C(=O)CSC1=S. The second kappa shape index (κ2) is 8.66. The van der Waals surface area contributed by atoms with E-state index in [1.807, 2.05) is 0 Å². The maximum absolute atomic E-state index is 11.8. The number of hydrogen-bond acceptors (Lipinski definition) is 6. The Bertz CT molecular complexity index is 663. The van der Waals surface area contributed by atoms with Crippen molar-refractivity contribution in [2.75, 3.05) is 25.4 Å². The maximum Gasteiger partial charge on any atom is 0.338 e. The predicted octanol–water partition coefficient (Wildman–Crippen LogP) is 2.13. The van der Waals surface area contributed by atoms with Gasteiger partial charge in [0.2, 0.25) is 5.91 Å². The van der Waals surface area contributed by atoms with Crippen LogP contribution in [-0.2, 0) is 14.3 Å². The normalized spacial score (nSPS) is 14.0. The van der Waals surface area contributed by atoms with Crippen molar-refractivity contribution in [3.05, 3.63) is 33.8 Å². The van der Waals surface area contributed by atoms with Crippen LogP contribution < -0.4 is 5.32 Å². The number of thiocarbonyl (C=S) groups is 1. The number of nitrogens with zero attached hydrogens (tertiary/aromatic N) is 1. The second-order valence-corrected chi connectivity index (χ2v) is 7.17. The lowest BCUT2D eigenvalue weighted by Gasteiger charge is -2.15. The molecule has 0 unspecified atom stereocenters. The first-order valence-corrected chi connectivity index (χ1v) is 8.89. The summed E-state index contributed by atoms with van der Waals surface area (Å²) >= 11 is 17.9. The van der Waals surface area contributed by atoms with E-state index in [0.717, 1.165) is 0 Å². The summed E-state index contributed by atoms with van der Waals surface area (Å²) in [4.78, 5) is 36.4. The number of carbonyl (C=O) groups is 3. The summed E-state index contributed by atoms with van der Waals surface area (Å²) in [5, 5.41) is 3.14. The van der Waals surface area contributed by atoms with E-state index in [2.05, 4.69) is 5.32 Å². The molecule has 2 amide bonds. The molecule has 24 heavy (non-hydrogen) atoms. The van der Waals surface area contributed by atoms with E-state index in [4.69, 9.17) is 40.2 Å². The topological polar surface area (TPSA) is 75.7 Å². The molecular weight excluding hydrogens is 395 g/mol. The molecule has 1 fully saturated rings. The van der Waals surface area contributed by atoms with Gasteiger partial charge in [0.05, 0.1) is 11.3 Å². The Morgan fingerprint density at radius 3 is 2.54 bits per heavy atom. The van der Waals surface area contributed by atoms with E-state index in [9.17, 15) is 14.4 Å². The number of carbonyl (C=O) groups excluding carboxylic acids is 3. The quantitative estimate of drug-likeness (QED) is 0.575. The number of benzene rings is 1. The standard InChI is InChI=1S/C14H12Cl2N2O4S2/c15-9-3-8(4-10(16)5-9)13(21)22-6-11(19)17-1-2-18-12(20)7-24-14(18)23/h3-5H,1-2,6-7H2,(H,17,19). The molecule has 1 aliphatic heterocycles. The van der Waals surface area contributed by atoms with Crippen molar-refractivity contribution in [1.82, 2.24) is 10.2 Å². The highest BCUT2D eigenvalue weighted by molar-refractivity contribution is 8.23. The van der Waals surface area contributed by atoms with Crippen LogP contribution in [0, 0.1) is 0 Å². The van der Waals surface area contributed by atoms with Gasteiger partial charge in [-0.15, -0.1) is 0 Å². The Labute approximate surface area is 157 Å². The average Bonchev–Trinajstić information content (AvgIpc) is 2.83. The Morgan fingerprint density at radius 1 is 1.29 bits per heavy atom. The number of esters is 1. The number of thioether (sulfide) groups is 1. The largest absolute Gasteiger partial charge is 0.452 e. The van der Waals surface area contributed by atoms with E-state index in [1.165, 1.54) is 34.9 Å². The van der Waals surface area contributed by atoms with Crippen LogP contribution in [0.5, 0.6) is 0 Å². The summed E-state index contributed by atoms with van der Waals surface area (Å²) in [6.45, 7) is 0.0518. The van der Waals surface area contributed by atoms with E-state index in [0.29, 0.717) is 20.1 Å². The van der Waals surface area contributed by atoms with Gasteiger partial charge in [0.1, 0.15) is 4.32 Å². The fourth-order valence-electron chi connectivity index (χ4n) is 1.84. The first kappa shape index (κ1) is 19.0. The minimum absolute atomic E-state index is 0.0801. The fraction of sp³-hybridized carbons (Fsp3) is 0.286. The van der Waals surface area contributed by atoms with Crippen LogP contribution in [-0.4, -0.2) is 52.5 Å². The highest BCUT2D eigenvalue weighted by Crippen LogP contribution is 2.20. The molecule has 1 aromatic rings. The van der Waals surface area contributed by atoms with Gasteiger partial charge >= 0.3 is 5.97 Å². The Morgan fingerprint density at radius 2 is 1.96 bits per heavy atom. The summed E-state index contributed by atoms with van der Waals surface area (Å²) in [5.41, 5.74) is 0.158. The number of rotatable bonds is 6. The van der Waals surface area contributed by atoms with Gasteiger partial charge in [0.25, 0.3) is 5.91 Å². The van der Waals surface area contributed by atoms with Crippen molar-refractivity contribution in [3.8, 4) is 0 Å². The number of halogens is 2. The van der Waals surface area contributed by atoms with Gasteiger partial charge in [-0.1, -0.05) is 47.2 Å². The molecule has 6 nitrogen and oxygen atoms in total. The van der Waals surface area contributed by atoms with Crippen LogP contribution in [0.2, 0.25) is 10.0 Å². The van der Waals surface area contributed by atoms with Gasteiger partial charge in [-0.25, -0.2) is 4.79 Å². The lowest BCUT2D eigenvalue weighted by molar-refractivity contribution is -0.126. The van der Waals surface area contributed by atoms with Gasteiger partial charge in [-0.05, 0) is 18.2 Å². The molecule has 1 aliphatic rings. The first-order chi connectivity index (χ1) is 11.4. The lowest BCUT2D eigenvalue weighted by Crippen LogP contribution is -2.38. The zero-order chi connectivity index (χ0) is 17.7. The van der Waals surface area contributed by atoms with Crippen LogP contribution in [0.3, 0.4) is 0 Å². The Kier molecular flexibility index (Phi) is 6.85. The van der Waals surface area contributed by atoms with Crippen LogP contribution in [0.4, 0.5) is 0 Å². The van der Waals surface area contributed by atoms with Gasteiger partial charge in [-0.2, -0.15) is 0 Å². The van der Waals surface area contributed by atoms with Crippen molar-refractivity contribution in [1.29, 1.82) is 0 Å². The molecule has 1 N–H and O–H groups in total. The van der Waals surface area contributed by atoms with Crippen LogP contribution in [0.1, 0.15) is 10.4 Å². The van der Waals surface area contributed by atoms with Gasteiger partial charge in [-0.3, -0.25) is 14.5 Å². The van der Waals surface area contributed by atoms with Crippen LogP contribution >= 0.6 is 47.2 Å². The summed E-state index contributed by atoms with van der Waals surface area (Å²) in [5.74, 6) is -0.945. The highest BCUT2D eigenvalue weighted by atomic mass is 35.5. The van der Waals surface area contributed by atoms with E-state index in [-0.39, 0.29) is 24.6 Å². The highest BCUT2D eigenvalue weighted by Gasteiger charge is 2.25. The number of hydrogen-bond donors (Lipinski definition) is 1. The predicted molar refractivity (Wildman–Crippen MR) is 96.5 cm³/mol. The van der Waals surface area contributed by atoms with Crippen molar-refractivity contribution < 1.29 is 19.1 Å². The smallest absolute Gasteiger partial charge is 0.338 e. The second-order valence-electron chi connectivity index (χ2n) is 4.68. The minimum Gasteiger partial charge on any atom is -0.452 e. The van der Waals surface area contributed by atoms with Gasteiger partial charge < -0.3 is 10.1 Å². The number of nitrogens with one attached hydrogen (secondary N) is 1. The third-order valence-electron chi connectivity index (χ3n) is 2.93.